The number of ether oxygens (including phenoxy) is 2. The highest BCUT2D eigenvalue weighted by Gasteiger charge is 2.54. The van der Waals surface area contributed by atoms with Crippen molar-refractivity contribution in [1.82, 2.24) is 9.80 Å². The molecule has 8 nitrogen and oxygen atoms in total. The van der Waals surface area contributed by atoms with Crippen molar-refractivity contribution in [3.63, 3.8) is 0 Å². The molecule has 0 bridgehead atoms. The maximum Gasteiger partial charge on any atom is 0.314 e. The second-order valence-corrected chi connectivity index (χ2v) is 11.3. The first-order valence-corrected chi connectivity index (χ1v) is 13.8. The molecular weight excluding hydrogens is 508 g/mol. The van der Waals surface area contributed by atoms with Crippen LogP contribution in [0.1, 0.15) is 70.7 Å². The zero-order chi connectivity index (χ0) is 29.7. The van der Waals surface area contributed by atoms with Gasteiger partial charge in [-0.1, -0.05) is 67.6 Å². The lowest BCUT2D eigenvalue weighted by molar-refractivity contribution is -0.154. The number of hydrogen-bond acceptors (Lipinski definition) is 6. The van der Waals surface area contributed by atoms with Gasteiger partial charge in [-0.25, -0.2) is 0 Å². The number of carbonyl (C=O) groups is 4. The summed E-state index contributed by atoms with van der Waals surface area (Å²) in [5.74, 6) is -0.879. The molecule has 2 aromatic rings. The van der Waals surface area contributed by atoms with E-state index in [-0.39, 0.29) is 48.2 Å². The number of rotatable bonds is 7. The first-order valence-electron chi connectivity index (χ1n) is 13.8. The average molecular weight is 551 g/mol. The fourth-order valence-electron chi connectivity index (χ4n) is 5.92. The highest BCUT2D eigenvalue weighted by molar-refractivity contribution is 5.92. The molecule has 0 aliphatic carbocycles. The summed E-state index contributed by atoms with van der Waals surface area (Å²) in [4.78, 5) is 52.4. The number of esters is 2. The van der Waals surface area contributed by atoms with Gasteiger partial charge in [0.1, 0.15) is 0 Å². The molecule has 2 fully saturated rings. The monoisotopic (exact) mass is 550 g/mol. The van der Waals surface area contributed by atoms with Crippen molar-refractivity contribution in [1.29, 1.82) is 0 Å². The van der Waals surface area contributed by atoms with E-state index in [0.29, 0.717) is 19.5 Å². The summed E-state index contributed by atoms with van der Waals surface area (Å²) in [5, 5.41) is 0. The van der Waals surface area contributed by atoms with Crippen molar-refractivity contribution in [2.45, 2.75) is 59.5 Å². The minimum absolute atomic E-state index is 0.00394. The van der Waals surface area contributed by atoms with Gasteiger partial charge in [-0.3, -0.25) is 19.2 Å². The molecule has 4 rings (SSSR count). The van der Waals surface area contributed by atoms with Crippen LogP contribution in [0.3, 0.4) is 0 Å². The molecular formula is C32H42N2O6. The van der Waals surface area contributed by atoms with E-state index in [4.69, 9.17) is 9.47 Å². The van der Waals surface area contributed by atoms with Crippen LogP contribution in [0, 0.1) is 16.7 Å². The van der Waals surface area contributed by atoms with Crippen LogP contribution < -0.4 is 0 Å². The minimum atomic E-state index is -0.760. The Balaban J connectivity index is 0.000000222. The summed E-state index contributed by atoms with van der Waals surface area (Å²) in [6.07, 6.45) is 0.860. The van der Waals surface area contributed by atoms with Crippen LogP contribution in [0.2, 0.25) is 0 Å². The molecule has 5 atom stereocenters. The van der Waals surface area contributed by atoms with Gasteiger partial charge in [-0.2, -0.15) is 0 Å². The van der Waals surface area contributed by atoms with Gasteiger partial charge in [0.05, 0.1) is 43.1 Å². The third kappa shape index (κ3) is 6.06. The molecule has 216 valence electrons. The third-order valence-corrected chi connectivity index (χ3v) is 8.47. The van der Waals surface area contributed by atoms with Gasteiger partial charge >= 0.3 is 11.9 Å². The number of methoxy groups -OCH3 is 2. The van der Waals surface area contributed by atoms with Gasteiger partial charge in [0.15, 0.2) is 0 Å². The number of nitrogens with zero attached hydrogens (tertiary/aromatic N) is 2. The van der Waals surface area contributed by atoms with E-state index in [1.54, 1.807) is 16.7 Å². The third-order valence-electron chi connectivity index (χ3n) is 8.47. The number of carbonyl (C=O) groups excluding carboxylic acids is 4. The summed E-state index contributed by atoms with van der Waals surface area (Å²) in [6.45, 7) is 10.4. The zero-order valence-corrected chi connectivity index (χ0v) is 24.7. The van der Waals surface area contributed by atoms with Crippen LogP contribution >= 0.6 is 0 Å². The lowest BCUT2D eigenvalue weighted by Gasteiger charge is -2.27. The van der Waals surface area contributed by atoms with Gasteiger partial charge in [0.25, 0.3) is 0 Å². The maximum absolute atomic E-state index is 12.7. The maximum atomic E-state index is 12.7. The normalized spacial score (nSPS) is 25.6. The topological polar surface area (TPSA) is 93.2 Å². The Hall–Kier alpha value is -3.68. The smallest absolute Gasteiger partial charge is 0.314 e. The van der Waals surface area contributed by atoms with Crippen LogP contribution in [0.25, 0.3) is 0 Å². The summed E-state index contributed by atoms with van der Waals surface area (Å²) in [5.41, 5.74) is 0.665. The van der Waals surface area contributed by atoms with E-state index in [1.165, 1.54) is 14.2 Å². The van der Waals surface area contributed by atoms with E-state index in [0.717, 1.165) is 11.1 Å². The number of amides is 2. The predicted octanol–water partition coefficient (Wildman–Crippen LogP) is 4.95. The second kappa shape index (κ2) is 12.7. The number of benzene rings is 2. The van der Waals surface area contributed by atoms with Crippen molar-refractivity contribution in [3.8, 4) is 0 Å². The first-order chi connectivity index (χ1) is 18.9. The predicted molar refractivity (Wildman–Crippen MR) is 152 cm³/mol. The van der Waals surface area contributed by atoms with Crippen molar-refractivity contribution < 1.29 is 28.7 Å². The Morgan fingerprint density at radius 3 is 1.75 bits per heavy atom. The van der Waals surface area contributed by atoms with Crippen molar-refractivity contribution in [2.75, 3.05) is 27.3 Å². The Labute approximate surface area is 237 Å². The summed E-state index contributed by atoms with van der Waals surface area (Å²) in [7, 11) is 2.75. The number of likely N-dealkylation sites (tertiary alicyclic amines) is 2. The molecule has 40 heavy (non-hydrogen) atoms. The molecule has 2 aliphatic rings. The molecule has 2 saturated heterocycles. The van der Waals surface area contributed by atoms with Gasteiger partial charge in [0.2, 0.25) is 11.8 Å². The zero-order valence-electron chi connectivity index (χ0n) is 24.7. The SMILES string of the molecule is CCC1C(=O)N([C@H](C)c2ccccc2)CC1(C)C(=O)OC.COC(=O)C1(C)CC(=O)N([C@H](C)c2ccccc2)C1. The van der Waals surface area contributed by atoms with E-state index >= 15 is 0 Å². The van der Waals surface area contributed by atoms with Crippen molar-refractivity contribution in [2.24, 2.45) is 16.7 Å². The Kier molecular flexibility index (Phi) is 9.77. The van der Waals surface area contributed by atoms with Gasteiger partial charge in [0, 0.05) is 19.5 Å². The lowest BCUT2D eigenvalue weighted by Crippen LogP contribution is -2.37. The van der Waals surface area contributed by atoms with E-state index in [9.17, 15) is 19.2 Å². The molecule has 2 heterocycles. The molecule has 0 radical (unpaired) electrons. The fourth-order valence-corrected chi connectivity index (χ4v) is 5.92. The van der Waals surface area contributed by atoms with Crippen LogP contribution in [-0.2, 0) is 28.7 Å². The second-order valence-electron chi connectivity index (χ2n) is 11.3. The van der Waals surface area contributed by atoms with Crippen molar-refractivity contribution >= 4 is 23.8 Å². The van der Waals surface area contributed by atoms with Crippen LogP contribution in [0.4, 0.5) is 0 Å². The van der Waals surface area contributed by atoms with Crippen molar-refractivity contribution in [3.05, 3.63) is 71.8 Å². The van der Waals surface area contributed by atoms with Crippen LogP contribution in [0.5, 0.6) is 0 Å². The summed E-state index contributed by atoms with van der Waals surface area (Å²) < 4.78 is 9.73. The first kappa shape index (κ1) is 30.9. The highest BCUT2D eigenvalue weighted by atomic mass is 16.5. The van der Waals surface area contributed by atoms with E-state index in [1.807, 2.05) is 88.4 Å². The van der Waals surface area contributed by atoms with E-state index in [2.05, 4.69) is 0 Å². The molecule has 2 aromatic carbocycles. The summed E-state index contributed by atoms with van der Waals surface area (Å²) in [6, 6.07) is 19.6. The van der Waals surface area contributed by atoms with Crippen LogP contribution in [-0.4, -0.2) is 60.9 Å². The Bertz CT molecular complexity index is 1200. The lowest BCUT2D eigenvalue weighted by atomic mass is 9.78. The summed E-state index contributed by atoms with van der Waals surface area (Å²) >= 11 is 0. The standard InChI is InChI=1S/C17H23NO3.C15H19NO3/c1-5-14-15(19)18(11-17(14,3)16(20)21-4)12(2)13-9-7-6-8-10-13;1-11(12-7-5-4-6-8-12)16-10-15(2,9-13(16)17)14(18)19-3/h6-10,12,14H,5,11H2,1-4H3;4-8,11H,9-10H2,1-3H3/t12-,14?,17?;11-,15?/m11/s1. The molecule has 0 saturated carbocycles. The molecule has 2 aliphatic heterocycles. The molecule has 8 heteroatoms. The van der Waals surface area contributed by atoms with Gasteiger partial charge in [-0.05, 0) is 45.2 Å². The highest BCUT2D eigenvalue weighted by Crippen LogP contribution is 2.43. The number of hydrogen-bond donors (Lipinski definition) is 0. The molecule has 2 amide bonds. The Morgan fingerprint density at radius 1 is 0.825 bits per heavy atom. The molecule has 3 unspecified atom stereocenters. The Morgan fingerprint density at radius 2 is 1.30 bits per heavy atom. The largest absolute Gasteiger partial charge is 0.469 e. The molecule has 0 spiro atoms. The van der Waals surface area contributed by atoms with Gasteiger partial charge in [-0.15, -0.1) is 0 Å². The van der Waals surface area contributed by atoms with E-state index < -0.39 is 10.8 Å². The van der Waals surface area contributed by atoms with Gasteiger partial charge < -0.3 is 19.3 Å². The average Bonchev–Trinajstić information content (AvgIpc) is 3.44. The minimum Gasteiger partial charge on any atom is -0.469 e. The quantitative estimate of drug-likeness (QED) is 0.453. The van der Waals surface area contributed by atoms with Crippen LogP contribution in [0.15, 0.2) is 60.7 Å². The fraction of sp³-hybridized carbons (Fsp3) is 0.500. The molecule has 0 aromatic heterocycles. The molecule has 0 N–H and O–H groups in total.